The number of nitrogens with zero attached hydrogens (tertiary/aromatic N) is 4. The van der Waals surface area contributed by atoms with Crippen molar-refractivity contribution in [3.63, 3.8) is 0 Å². The predicted molar refractivity (Wildman–Crippen MR) is 97.3 cm³/mol. The van der Waals surface area contributed by atoms with Crippen LogP contribution in [0, 0.1) is 0 Å². The largest absolute Gasteiger partial charge is 0.350 e. The monoisotopic (exact) mass is 341 g/mol. The van der Waals surface area contributed by atoms with Crippen LogP contribution < -0.4 is 5.43 Å². The second-order valence-corrected chi connectivity index (χ2v) is 6.20. The molecule has 0 aliphatic carbocycles. The quantitative estimate of drug-likeness (QED) is 0.426. The molecule has 24 heavy (non-hydrogen) atoms. The molecule has 0 radical (unpaired) electrons. The maximum absolute atomic E-state index is 12.0. The van der Waals surface area contributed by atoms with E-state index in [2.05, 4.69) is 27.0 Å². The normalized spacial score (nSPS) is 11.4. The smallest absolute Gasteiger partial charge is 0.250 e. The average molecular weight is 341 g/mol. The lowest BCUT2D eigenvalue weighted by Crippen LogP contribution is -2.20. The number of nitrogens with one attached hydrogen (secondary N) is 1. The number of aryl methyl sites for hydroxylation is 2. The number of hydrazone groups is 1. The van der Waals surface area contributed by atoms with Gasteiger partial charge in [-0.1, -0.05) is 23.9 Å². The first-order chi connectivity index (χ1) is 11.7. The van der Waals surface area contributed by atoms with E-state index < -0.39 is 0 Å². The van der Waals surface area contributed by atoms with Crippen LogP contribution in [0.5, 0.6) is 0 Å². The molecule has 0 saturated heterocycles. The van der Waals surface area contributed by atoms with Gasteiger partial charge in [0.2, 0.25) is 0 Å². The number of rotatable bonds is 6. The Kier molecular flexibility index (Phi) is 5.00. The number of imidazole rings is 1. The highest BCUT2D eigenvalue weighted by Gasteiger charge is 2.11. The first kappa shape index (κ1) is 16.3. The summed E-state index contributed by atoms with van der Waals surface area (Å²) in [5.74, 6) is 0.119. The van der Waals surface area contributed by atoms with E-state index >= 15 is 0 Å². The summed E-state index contributed by atoms with van der Waals surface area (Å²) < 4.78 is 4.04. The first-order valence-electron chi connectivity index (χ1n) is 7.70. The summed E-state index contributed by atoms with van der Waals surface area (Å²) in [6.07, 6.45) is 3.55. The minimum atomic E-state index is -0.153. The van der Waals surface area contributed by atoms with Crippen molar-refractivity contribution in [3.05, 3.63) is 48.3 Å². The first-order valence-corrected chi connectivity index (χ1v) is 8.69. The Morgan fingerprint density at radius 2 is 2.17 bits per heavy atom. The number of carbonyl (C=O) groups excluding carboxylic acids is 1. The number of benzene rings is 1. The van der Waals surface area contributed by atoms with E-state index in [0.717, 1.165) is 28.4 Å². The van der Waals surface area contributed by atoms with Gasteiger partial charge in [-0.2, -0.15) is 5.10 Å². The van der Waals surface area contributed by atoms with Crippen LogP contribution in [-0.2, 0) is 18.4 Å². The van der Waals surface area contributed by atoms with Crippen molar-refractivity contribution in [2.75, 3.05) is 5.75 Å². The summed E-state index contributed by atoms with van der Waals surface area (Å²) in [4.78, 5) is 16.5. The average Bonchev–Trinajstić information content (AvgIpc) is 3.16. The number of amides is 1. The summed E-state index contributed by atoms with van der Waals surface area (Å²) >= 11 is 1.42. The minimum absolute atomic E-state index is 0.153. The third kappa shape index (κ3) is 3.51. The molecule has 1 aromatic carbocycles. The summed E-state index contributed by atoms with van der Waals surface area (Å²) in [6.45, 7) is 2.89. The maximum Gasteiger partial charge on any atom is 0.250 e. The molecule has 0 saturated carbocycles. The fraction of sp³-hybridized carbons (Fsp3) is 0.235. The molecule has 0 unspecified atom stereocenters. The summed E-state index contributed by atoms with van der Waals surface area (Å²) in [6, 6.07) is 11.8. The zero-order chi connectivity index (χ0) is 16.9. The van der Waals surface area contributed by atoms with E-state index in [4.69, 9.17) is 0 Å². The molecule has 0 atom stereocenters. The van der Waals surface area contributed by atoms with Gasteiger partial charge in [0.15, 0.2) is 5.16 Å². The lowest BCUT2D eigenvalue weighted by Gasteiger charge is -2.04. The fourth-order valence-electron chi connectivity index (χ4n) is 2.41. The molecule has 0 aliphatic heterocycles. The highest BCUT2D eigenvalue weighted by Crippen LogP contribution is 2.23. The van der Waals surface area contributed by atoms with Crippen LogP contribution in [0.1, 0.15) is 12.6 Å². The maximum atomic E-state index is 12.0. The number of carbonyl (C=O) groups is 1. The molecular weight excluding hydrogens is 322 g/mol. The fourth-order valence-corrected chi connectivity index (χ4v) is 3.28. The van der Waals surface area contributed by atoms with Crippen molar-refractivity contribution >= 4 is 34.9 Å². The SMILES string of the molecule is CCn1c(SCC(=O)NN=Cc2cccn2C)nc2ccccc21. The van der Waals surface area contributed by atoms with Gasteiger partial charge < -0.3 is 9.13 Å². The van der Waals surface area contributed by atoms with Crippen molar-refractivity contribution in [2.45, 2.75) is 18.6 Å². The molecule has 6 nitrogen and oxygen atoms in total. The topological polar surface area (TPSA) is 64.2 Å². The van der Waals surface area contributed by atoms with Gasteiger partial charge >= 0.3 is 0 Å². The van der Waals surface area contributed by atoms with Gasteiger partial charge in [-0.25, -0.2) is 10.4 Å². The lowest BCUT2D eigenvalue weighted by atomic mass is 10.3. The number of para-hydroxylation sites is 2. The Balaban J connectivity index is 1.60. The summed E-state index contributed by atoms with van der Waals surface area (Å²) in [5.41, 5.74) is 5.51. The Morgan fingerprint density at radius 3 is 2.92 bits per heavy atom. The molecule has 2 aromatic heterocycles. The van der Waals surface area contributed by atoms with Crippen LogP contribution in [0.2, 0.25) is 0 Å². The number of thioether (sulfide) groups is 1. The molecule has 124 valence electrons. The zero-order valence-electron chi connectivity index (χ0n) is 13.6. The van der Waals surface area contributed by atoms with Crippen molar-refractivity contribution in [1.29, 1.82) is 0 Å². The number of hydrogen-bond acceptors (Lipinski definition) is 4. The molecule has 2 heterocycles. The number of hydrogen-bond donors (Lipinski definition) is 1. The van der Waals surface area contributed by atoms with Crippen molar-refractivity contribution in [2.24, 2.45) is 12.1 Å². The van der Waals surface area contributed by atoms with Crippen LogP contribution in [0.15, 0.2) is 52.9 Å². The Morgan fingerprint density at radius 1 is 1.33 bits per heavy atom. The zero-order valence-corrected chi connectivity index (χ0v) is 14.5. The second-order valence-electron chi connectivity index (χ2n) is 5.25. The van der Waals surface area contributed by atoms with Crippen LogP contribution in [0.4, 0.5) is 0 Å². The van der Waals surface area contributed by atoms with Gasteiger partial charge in [0.25, 0.3) is 5.91 Å². The Labute approximate surface area is 144 Å². The molecular formula is C17H19N5OS. The lowest BCUT2D eigenvalue weighted by molar-refractivity contribution is -0.118. The Hall–Kier alpha value is -2.54. The van der Waals surface area contributed by atoms with E-state index in [1.165, 1.54) is 11.8 Å². The number of aromatic nitrogens is 3. The highest BCUT2D eigenvalue weighted by atomic mass is 32.2. The predicted octanol–water partition coefficient (Wildman–Crippen LogP) is 2.64. The molecule has 0 spiro atoms. The molecule has 0 fully saturated rings. The summed E-state index contributed by atoms with van der Waals surface area (Å²) in [5, 5.41) is 4.83. The van der Waals surface area contributed by atoms with E-state index in [-0.39, 0.29) is 11.7 Å². The van der Waals surface area contributed by atoms with E-state index in [0.29, 0.717) is 0 Å². The molecule has 1 amide bonds. The number of fused-ring (bicyclic) bond motifs is 1. The van der Waals surface area contributed by atoms with Crippen LogP contribution in [0.25, 0.3) is 11.0 Å². The van der Waals surface area contributed by atoms with E-state index in [1.54, 1.807) is 6.21 Å². The van der Waals surface area contributed by atoms with E-state index in [9.17, 15) is 4.79 Å². The van der Waals surface area contributed by atoms with Crippen molar-refractivity contribution in [3.8, 4) is 0 Å². The Bertz CT molecular complexity index is 880. The molecule has 3 aromatic rings. The molecule has 3 rings (SSSR count). The molecule has 1 N–H and O–H groups in total. The summed E-state index contributed by atoms with van der Waals surface area (Å²) in [7, 11) is 1.92. The van der Waals surface area contributed by atoms with Gasteiger partial charge in [-0.05, 0) is 31.2 Å². The van der Waals surface area contributed by atoms with Crippen LogP contribution >= 0.6 is 11.8 Å². The molecule has 7 heteroatoms. The third-order valence-corrected chi connectivity index (χ3v) is 4.61. The minimum Gasteiger partial charge on any atom is -0.350 e. The van der Waals surface area contributed by atoms with Crippen LogP contribution in [0.3, 0.4) is 0 Å². The van der Waals surface area contributed by atoms with Crippen LogP contribution in [-0.4, -0.2) is 32.0 Å². The van der Waals surface area contributed by atoms with Gasteiger partial charge in [-0.15, -0.1) is 0 Å². The highest BCUT2D eigenvalue weighted by molar-refractivity contribution is 7.99. The molecule has 0 bridgehead atoms. The van der Waals surface area contributed by atoms with Gasteiger partial charge in [0.1, 0.15) is 0 Å². The van der Waals surface area contributed by atoms with E-state index in [1.807, 2.05) is 54.2 Å². The standard InChI is InChI=1S/C17H19N5OS/c1-3-22-15-9-5-4-8-14(15)19-17(22)24-12-16(23)20-18-11-13-7-6-10-21(13)2/h4-11H,3,12H2,1-2H3,(H,20,23). The van der Waals surface area contributed by atoms with Crippen molar-refractivity contribution < 1.29 is 4.79 Å². The van der Waals surface area contributed by atoms with Gasteiger partial charge in [0, 0.05) is 19.8 Å². The van der Waals surface area contributed by atoms with Crippen molar-refractivity contribution in [1.82, 2.24) is 19.5 Å². The van der Waals surface area contributed by atoms with Gasteiger partial charge in [0.05, 0.1) is 28.7 Å². The molecule has 0 aliphatic rings. The third-order valence-electron chi connectivity index (χ3n) is 3.64. The van der Waals surface area contributed by atoms with Gasteiger partial charge in [-0.3, -0.25) is 4.79 Å². The second kappa shape index (κ2) is 7.35.